The van der Waals surface area contributed by atoms with Crippen LogP contribution in [0, 0.1) is 11.3 Å². The predicted octanol–water partition coefficient (Wildman–Crippen LogP) is 4.26. The van der Waals surface area contributed by atoms with Crippen LogP contribution in [0.1, 0.15) is 18.1 Å². The molecule has 2 aromatic rings. The van der Waals surface area contributed by atoms with E-state index in [-0.39, 0.29) is 5.75 Å². The van der Waals surface area contributed by atoms with E-state index < -0.39 is 12.1 Å². The topological polar surface area (TPSA) is 79.5 Å². The molecule has 25 heavy (non-hydrogen) atoms. The lowest BCUT2D eigenvalue weighted by molar-refractivity contribution is -0.144. The molecule has 5 nitrogen and oxygen atoms in total. The number of hydrogen-bond donors (Lipinski definition) is 1. The third-order valence-electron chi connectivity index (χ3n) is 3.43. The lowest BCUT2D eigenvalue weighted by Crippen LogP contribution is -2.23. The van der Waals surface area contributed by atoms with E-state index in [0.29, 0.717) is 27.5 Å². The number of rotatable bonds is 6. The zero-order chi connectivity index (χ0) is 18.4. The monoisotopic (exact) mass is 357 g/mol. The van der Waals surface area contributed by atoms with Crippen LogP contribution in [0.5, 0.6) is 11.5 Å². The molecule has 0 radical (unpaired) electrons. The Labute approximate surface area is 150 Å². The molecule has 2 aromatic carbocycles. The second-order valence-corrected chi connectivity index (χ2v) is 5.59. The summed E-state index contributed by atoms with van der Waals surface area (Å²) in [7, 11) is 1.46. The number of nitriles is 1. The summed E-state index contributed by atoms with van der Waals surface area (Å²) in [6.45, 7) is 1.42. The van der Waals surface area contributed by atoms with E-state index in [2.05, 4.69) is 6.07 Å². The molecule has 1 N–H and O–H groups in total. The molecule has 0 saturated heterocycles. The lowest BCUT2D eigenvalue weighted by Gasteiger charge is -2.16. The van der Waals surface area contributed by atoms with Gasteiger partial charge in [-0.05, 0) is 36.8 Å². The Morgan fingerprint density at radius 1 is 1.32 bits per heavy atom. The van der Waals surface area contributed by atoms with E-state index in [0.717, 1.165) is 0 Å². The van der Waals surface area contributed by atoms with Crippen molar-refractivity contribution in [2.75, 3.05) is 7.11 Å². The Morgan fingerprint density at radius 2 is 2.04 bits per heavy atom. The van der Waals surface area contributed by atoms with Crippen LogP contribution in [-0.4, -0.2) is 24.3 Å². The summed E-state index contributed by atoms with van der Waals surface area (Å²) in [5.41, 5.74) is 1.54. The van der Waals surface area contributed by atoms with Gasteiger partial charge in [0, 0.05) is 10.6 Å². The molecule has 0 aliphatic heterocycles. The number of carboxylic acids is 1. The van der Waals surface area contributed by atoms with Crippen LogP contribution in [0.15, 0.2) is 42.5 Å². The van der Waals surface area contributed by atoms with Crippen LogP contribution in [0.2, 0.25) is 5.02 Å². The summed E-state index contributed by atoms with van der Waals surface area (Å²) < 4.78 is 10.8. The summed E-state index contributed by atoms with van der Waals surface area (Å²) in [4.78, 5) is 11.1. The number of benzene rings is 2. The smallest absolute Gasteiger partial charge is 0.344 e. The zero-order valence-electron chi connectivity index (χ0n) is 13.7. The molecule has 0 heterocycles. The first-order valence-electron chi connectivity index (χ1n) is 7.40. The van der Waals surface area contributed by atoms with Crippen LogP contribution >= 0.6 is 11.6 Å². The van der Waals surface area contributed by atoms with Gasteiger partial charge in [-0.25, -0.2) is 4.79 Å². The Morgan fingerprint density at radius 3 is 2.64 bits per heavy atom. The number of halogens is 1. The fraction of sp³-hybridized carbons (Fsp3) is 0.158. The standard InChI is InChI=1S/C19H16ClNO4/c1-12(19(22)23)25-18-14(6-4-8-17(18)24-2)9-15(11-21)13-5-3-7-16(20)10-13/h3-10,12H,1-2H3,(H,22,23)/b15-9-/t12-/m1/s1. The molecule has 0 aliphatic rings. The van der Waals surface area contributed by atoms with Gasteiger partial charge < -0.3 is 14.6 Å². The van der Waals surface area contributed by atoms with Gasteiger partial charge in [-0.3, -0.25) is 0 Å². The van der Waals surface area contributed by atoms with Gasteiger partial charge in [0.25, 0.3) is 0 Å². The molecule has 0 bridgehead atoms. The number of allylic oxidation sites excluding steroid dienone is 1. The second kappa shape index (κ2) is 8.22. The molecule has 0 aromatic heterocycles. The third kappa shape index (κ3) is 4.52. The minimum atomic E-state index is -1.10. The highest BCUT2D eigenvalue weighted by atomic mass is 35.5. The van der Waals surface area contributed by atoms with Crippen molar-refractivity contribution in [1.29, 1.82) is 5.26 Å². The number of carbonyl (C=O) groups is 1. The van der Waals surface area contributed by atoms with E-state index >= 15 is 0 Å². The number of aliphatic carboxylic acids is 1. The first-order valence-corrected chi connectivity index (χ1v) is 7.78. The van der Waals surface area contributed by atoms with Crippen molar-refractivity contribution in [3.05, 3.63) is 58.6 Å². The van der Waals surface area contributed by atoms with E-state index in [1.807, 2.05) is 0 Å². The summed E-state index contributed by atoms with van der Waals surface area (Å²) in [6.07, 6.45) is 0.540. The summed E-state index contributed by atoms with van der Waals surface area (Å²) in [5.74, 6) is -0.462. The molecule has 0 fully saturated rings. The van der Waals surface area contributed by atoms with E-state index in [9.17, 15) is 10.1 Å². The molecule has 0 aliphatic carbocycles. The van der Waals surface area contributed by atoms with Crippen molar-refractivity contribution >= 4 is 29.2 Å². The fourth-order valence-corrected chi connectivity index (χ4v) is 2.34. The van der Waals surface area contributed by atoms with Crippen molar-refractivity contribution < 1.29 is 19.4 Å². The number of hydrogen-bond acceptors (Lipinski definition) is 4. The highest BCUT2D eigenvalue weighted by molar-refractivity contribution is 6.30. The molecule has 128 valence electrons. The minimum absolute atomic E-state index is 0.259. The van der Waals surface area contributed by atoms with Gasteiger partial charge in [-0.2, -0.15) is 5.26 Å². The Bertz CT molecular complexity index is 855. The van der Waals surface area contributed by atoms with Gasteiger partial charge >= 0.3 is 5.97 Å². The maximum Gasteiger partial charge on any atom is 0.344 e. The normalized spacial score (nSPS) is 12.2. The molecule has 1 atom stereocenters. The third-order valence-corrected chi connectivity index (χ3v) is 3.66. The average molecular weight is 358 g/mol. The Balaban J connectivity index is 2.53. The van der Waals surface area contributed by atoms with Gasteiger partial charge in [-0.1, -0.05) is 35.9 Å². The number of ether oxygens (including phenoxy) is 2. The largest absolute Gasteiger partial charge is 0.493 e. The van der Waals surface area contributed by atoms with Crippen molar-refractivity contribution in [3.8, 4) is 17.6 Å². The van der Waals surface area contributed by atoms with E-state index in [1.165, 1.54) is 14.0 Å². The first kappa shape index (κ1) is 18.4. The van der Waals surface area contributed by atoms with Gasteiger partial charge in [0.1, 0.15) is 0 Å². The molecule has 2 rings (SSSR count). The van der Waals surface area contributed by atoms with Crippen LogP contribution in [-0.2, 0) is 4.79 Å². The van der Waals surface area contributed by atoms with E-state index in [1.54, 1.807) is 48.5 Å². The molecule has 0 saturated carbocycles. The lowest BCUT2D eigenvalue weighted by atomic mass is 10.0. The second-order valence-electron chi connectivity index (χ2n) is 5.16. The molecular weight excluding hydrogens is 342 g/mol. The maximum atomic E-state index is 11.1. The molecule has 0 spiro atoms. The van der Waals surface area contributed by atoms with Gasteiger partial charge in [0.15, 0.2) is 17.6 Å². The summed E-state index contributed by atoms with van der Waals surface area (Å²) in [6, 6.07) is 14.1. The number of para-hydroxylation sites is 1. The van der Waals surface area contributed by atoms with Crippen LogP contribution in [0.25, 0.3) is 11.6 Å². The number of nitrogens with zero attached hydrogens (tertiary/aromatic N) is 1. The fourth-order valence-electron chi connectivity index (χ4n) is 2.15. The van der Waals surface area contributed by atoms with Crippen molar-refractivity contribution in [2.45, 2.75) is 13.0 Å². The van der Waals surface area contributed by atoms with Crippen molar-refractivity contribution in [1.82, 2.24) is 0 Å². The van der Waals surface area contributed by atoms with Gasteiger partial charge in [-0.15, -0.1) is 0 Å². The summed E-state index contributed by atoms with van der Waals surface area (Å²) in [5, 5.41) is 19.1. The van der Waals surface area contributed by atoms with Crippen molar-refractivity contribution in [3.63, 3.8) is 0 Å². The molecular formula is C19H16ClNO4. The number of methoxy groups -OCH3 is 1. The Hall–Kier alpha value is -2.97. The quantitative estimate of drug-likeness (QED) is 0.617. The highest BCUT2D eigenvalue weighted by Crippen LogP contribution is 2.34. The Kier molecular flexibility index (Phi) is 6.04. The predicted molar refractivity (Wildman–Crippen MR) is 95.7 cm³/mol. The minimum Gasteiger partial charge on any atom is -0.493 e. The maximum absolute atomic E-state index is 11.1. The highest BCUT2D eigenvalue weighted by Gasteiger charge is 2.18. The first-order chi connectivity index (χ1) is 12.0. The van der Waals surface area contributed by atoms with Gasteiger partial charge in [0.05, 0.1) is 18.8 Å². The van der Waals surface area contributed by atoms with Crippen LogP contribution in [0.4, 0.5) is 0 Å². The summed E-state index contributed by atoms with van der Waals surface area (Å²) >= 11 is 5.98. The molecule has 6 heteroatoms. The molecule has 0 unspecified atom stereocenters. The van der Waals surface area contributed by atoms with E-state index in [4.69, 9.17) is 26.2 Å². The SMILES string of the molecule is COc1cccc(/C=C(/C#N)c2cccc(Cl)c2)c1O[C@H](C)C(=O)O. The zero-order valence-corrected chi connectivity index (χ0v) is 14.4. The number of carboxylic acid groups (broad SMARTS) is 1. The molecule has 0 amide bonds. The average Bonchev–Trinajstić information content (AvgIpc) is 2.60. The van der Waals surface area contributed by atoms with Crippen LogP contribution < -0.4 is 9.47 Å². The van der Waals surface area contributed by atoms with Gasteiger partial charge in [0.2, 0.25) is 0 Å². The van der Waals surface area contributed by atoms with Crippen LogP contribution in [0.3, 0.4) is 0 Å². The van der Waals surface area contributed by atoms with Crippen molar-refractivity contribution in [2.24, 2.45) is 0 Å².